The first-order valence-corrected chi connectivity index (χ1v) is 7.31. The van der Waals surface area contributed by atoms with Gasteiger partial charge in [-0.25, -0.2) is 0 Å². The van der Waals surface area contributed by atoms with Crippen molar-refractivity contribution >= 4 is 0 Å². The molecule has 1 aromatic heterocycles. The van der Waals surface area contributed by atoms with Crippen LogP contribution in [0.3, 0.4) is 0 Å². The van der Waals surface area contributed by atoms with Crippen LogP contribution in [0.25, 0.3) is 0 Å². The molecule has 2 atom stereocenters. The molecule has 2 heteroatoms. The summed E-state index contributed by atoms with van der Waals surface area (Å²) in [6.07, 6.45) is 0. The van der Waals surface area contributed by atoms with E-state index < -0.39 is 0 Å². The average molecular weight is 262 g/mol. The number of aryl methyl sites for hydroxylation is 3. The number of hydrogen-bond acceptors (Lipinski definition) is 2. The van der Waals surface area contributed by atoms with Crippen LogP contribution in [-0.2, 0) is 0 Å². The van der Waals surface area contributed by atoms with E-state index in [-0.39, 0.29) is 0 Å². The van der Waals surface area contributed by atoms with Gasteiger partial charge < -0.3 is 5.32 Å². The Kier molecular flexibility index (Phi) is 5.14. The summed E-state index contributed by atoms with van der Waals surface area (Å²) in [5.74, 6) is 0.647. The molecule has 2 nitrogen and oxygen atoms in total. The minimum absolute atomic E-state index is 0.350. The van der Waals surface area contributed by atoms with Crippen LogP contribution in [0.2, 0.25) is 0 Å². The number of nitrogens with zero attached hydrogens (tertiary/aromatic N) is 1. The molecule has 0 amide bonds. The van der Waals surface area contributed by atoms with Crippen LogP contribution in [0.4, 0.5) is 0 Å². The van der Waals surface area contributed by atoms with Gasteiger partial charge in [0.1, 0.15) is 0 Å². The molecule has 108 valence electrons. The van der Waals surface area contributed by atoms with Gasteiger partial charge in [-0.05, 0) is 62.8 Å². The standard InChI is InChI=1S/C17H30N2/c1-11-9-13(3)19-15(5)16(11)14(4)18-10-12(2)17(6,7)8/h9,12,14,18H,10H2,1-8H3. The van der Waals surface area contributed by atoms with Crippen LogP contribution in [0.15, 0.2) is 6.07 Å². The van der Waals surface area contributed by atoms with E-state index in [2.05, 4.69) is 71.8 Å². The second-order valence-electron chi connectivity index (χ2n) is 6.98. The van der Waals surface area contributed by atoms with Crippen LogP contribution < -0.4 is 5.32 Å². The fraction of sp³-hybridized carbons (Fsp3) is 0.706. The van der Waals surface area contributed by atoms with Gasteiger partial charge >= 0.3 is 0 Å². The molecule has 0 spiro atoms. The SMILES string of the molecule is Cc1cc(C)c(C(C)NCC(C)C(C)(C)C)c(C)n1. The minimum atomic E-state index is 0.350. The zero-order valence-electron chi connectivity index (χ0n) is 13.9. The van der Waals surface area contributed by atoms with Crippen LogP contribution >= 0.6 is 0 Å². The molecule has 0 aliphatic carbocycles. The van der Waals surface area contributed by atoms with Crippen molar-refractivity contribution in [1.29, 1.82) is 0 Å². The Morgan fingerprint density at radius 1 is 1.16 bits per heavy atom. The van der Waals surface area contributed by atoms with Crippen molar-refractivity contribution in [3.8, 4) is 0 Å². The Balaban J connectivity index is 2.77. The van der Waals surface area contributed by atoms with E-state index in [9.17, 15) is 0 Å². The third-order valence-electron chi connectivity index (χ3n) is 4.23. The Labute approximate surface area is 119 Å². The summed E-state index contributed by atoms with van der Waals surface area (Å²) in [6.45, 7) is 18.8. The van der Waals surface area contributed by atoms with E-state index in [1.807, 2.05) is 0 Å². The number of pyridine rings is 1. The number of aromatic nitrogens is 1. The molecule has 0 aliphatic rings. The lowest BCUT2D eigenvalue weighted by molar-refractivity contribution is 0.247. The molecule has 1 N–H and O–H groups in total. The van der Waals surface area contributed by atoms with Crippen LogP contribution in [0.5, 0.6) is 0 Å². The summed E-state index contributed by atoms with van der Waals surface area (Å²) in [6, 6.07) is 2.53. The summed E-state index contributed by atoms with van der Waals surface area (Å²) in [7, 11) is 0. The summed E-state index contributed by atoms with van der Waals surface area (Å²) in [5.41, 5.74) is 5.30. The highest BCUT2D eigenvalue weighted by Crippen LogP contribution is 2.26. The summed E-state index contributed by atoms with van der Waals surface area (Å²) >= 11 is 0. The van der Waals surface area contributed by atoms with Crippen molar-refractivity contribution in [3.63, 3.8) is 0 Å². The second-order valence-corrected chi connectivity index (χ2v) is 6.98. The van der Waals surface area contributed by atoms with Gasteiger partial charge in [-0.15, -0.1) is 0 Å². The maximum absolute atomic E-state index is 4.59. The van der Waals surface area contributed by atoms with Crippen molar-refractivity contribution in [2.24, 2.45) is 11.3 Å². The van der Waals surface area contributed by atoms with E-state index in [1.165, 1.54) is 11.1 Å². The van der Waals surface area contributed by atoms with Gasteiger partial charge in [0.05, 0.1) is 0 Å². The highest BCUT2D eigenvalue weighted by molar-refractivity contribution is 5.33. The molecule has 0 radical (unpaired) electrons. The molecule has 1 aromatic rings. The molecule has 1 rings (SSSR count). The van der Waals surface area contributed by atoms with Gasteiger partial charge in [0.15, 0.2) is 0 Å². The van der Waals surface area contributed by atoms with Gasteiger partial charge in [0.2, 0.25) is 0 Å². The first kappa shape index (κ1) is 16.2. The topological polar surface area (TPSA) is 24.9 Å². The van der Waals surface area contributed by atoms with E-state index >= 15 is 0 Å². The van der Waals surface area contributed by atoms with Crippen molar-refractivity contribution < 1.29 is 0 Å². The first-order valence-electron chi connectivity index (χ1n) is 7.31. The second kappa shape index (κ2) is 6.04. The van der Waals surface area contributed by atoms with Gasteiger partial charge in [0.25, 0.3) is 0 Å². The lowest BCUT2D eigenvalue weighted by Crippen LogP contribution is -2.32. The quantitative estimate of drug-likeness (QED) is 0.873. The van der Waals surface area contributed by atoms with Crippen LogP contribution in [0.1, 0.15) is 63.2 Å². The Morgan fingerprint density at radius 2 is 1.74 bits per heavy atom. The van der Waals surface area contributed by atoms with Gasteiger partial charge in [-0.3, -0.25) is 4.98 Å². The molecular weight excluding hydrogens is 232 g/mol. The van der Waals surface area contributed by atoms with Crippen molar-refractivity contribution in [2.45, 2.75) is 61.4 Å². The van der Waals surface area contributed by atoms with Crippen molar-refractivity contribution in [1.82, 2.24) is 10.3 Å². The van der Waals surface area contributed by atoms with Crippen LogP contribution in [-0.4, -0.2) is 11.5 Å². The molecule has 2 unspecified atom stereocenters. The molecule has 0 aliphatic heterocycles. The van der Waals surface area contributed by atoms with E-state index in [1.54, 1.807) is 0 Å². The molecule has 0 saturated carbocycles. The van der Waals surface area contributed by atoms with E-state index in [0.717, 1.165) is 17.9 Å². The monoisotopic (exact) mass is 262 g/mol. The highest BCUT2D eigenvalue weighted by Gasteiger charge is 2.21. The zero-order valence-corrected chi connectivity index (χ0v) is 13.9. The van der Waals surface area contributed by atoms with E-state index in [0.29, 0.717) is 17.4 Å². The summed E-state index contributed by atoms with van der Waals surface area (Å²) < 4.78 is 0. The molecule has 0 fully saturated rings. The third-order valence-corrected chi connectivity index (χ3v) is 4.23. The lowest BCUT2D eigenvalue weighted by atomic mass is 9.82. The molecule has 19 heavy (non-hydrogen) atoms. The number of rotatable bonds is 4. The smallest absolute Gasteiger partial charge is 0.0426 e. The Bertz CT molecular complexity index is 406. The average Bonchev–Trinajstić information content (AvgIpc) is 2.22. The zero-order chi connectivity index (χ0) is 14.8. The van der Waals surface area contributed by atoms with Gasteiger partial charge in [-0.2, -0.15) is 0 Å². The number of hydrogen-bond donors (Lipinski definition) is 1. The number of nitrogens with one attached hydrogen (secondary N) is 1. The Morgan fingerprint density at radius 3 is 2.21 bits per heavy atom. The molecule has 0 bridgehead atoms. The summed E-state index contributed by atoms with van der Waals surface area (Å²) in [5, 5.41) is 3.67. The van der Waals surface area contributed by atoms with Gasteiger partial charge in [0, 0.05) is 17.4 Å². The normalized spacial score (nSPS) is 15.4. The summed E-state index contributed by atoms with van der Waals surface area (Å²) in [4.78, 5) is 4.59. The predicted molar refractivity (Wildman–Crippen MR) is 83.5 cm³/mol. The highest BCUT2D eigenvalue weighted by atomic mass is 14.9. The van der Waals surface area contributed by atoms with Crippen molar-refractivity contribution in [2.75, 3.05) is 6.54 Å². The first-order chi connectivity index (χ1) is 8.62. The predicted octanol–water partition coefficient (Wildman–Crippen LogP) is 4.34. The molecular formula is C17H30N2. The molecule has 1 heterocycles. The van der Waals surface area contributed by atoms with Gasteiger partial charge in [-0.1, -0.05) is 27.7 Å². The van der Waals surface area contributed by atoms with E-state index in [4.69, 9.17) is 0 Å². The fourth-order valence-corrected chi connectivity index (χ4v) is 2.45. The molecule has 0 aromatic carbocycles. The van der Waals surface area contributed by atoms with Crippen LogP contribution in [0, 0.1) is 32.1 Å². The minimum Gasteiger partial charge on any atom is -0.310 e. The van der Waals surface area contributed by atoms with Crippen molar-refractivity contribution in [3.05, 3.63) is 28.6 Å². The largest absolute Gasteiger partial charge is 0.310 e. The maximum atomic E-state index is 4.59. The lowest BCUT2D eigenvalue weighted by Gasteiger charge is -2.29. The molecule has 0 saturated heterocycles. The fourth-order valence-electron chi connectivity index (χ4n) is 2.45. The Hall–Kier alpha value is -0.890. The maximum Gasteiger partial charge on any atom is 0.0426 e. The third kappa shape index (κ3) is 4.31.